The van der Waals surface area contributed by atoms with Crippen LogP contribution in [0.3, 0.4) is 0 Å². The number of carbonyl (C=O) groups excluding carboxylic acids is 1. The minimum atomic E-state index is 0.0685. The Balaban J connectivity index is 1.66. The second-order valence-electron chi connectivity index (χ2n) is 8.82. The zero-order valence-corrected chi connectivity index (χ0v) is 13.3. The van der Waals surface area contributed by atoms with Gasteiger partial charge >= 0.3 is 0 Å². The maximum Gasteiger partial charge on any atom is 0.139 e. The summed E-state index contributed by atoms with van der Waals surface area (Å²) in [6, 6.07) is 0. The van der Waals surface area contributed by atoms with Gasteiger partial charge in [0.05, 0.1) is 0 Å². The fraction of sp³-hybridized carbons (Fsp3) is 0.947. The van der Waals surface area contributed by atoms with Gasteiger partial charge in [0.25, 0.3) is 0 Å². The molecule has 4 aliphatic carbocycles. The molecule has 20 heavy (non-hydrogen) atoms. The van der Waals surface area contributed by atoms with Crippen molar-refractivity contribution in [1.29, 1.82) is 0 Å². The molecular formula is C19H30O. The Morgan fingerprint density at radius 2 is 1.75 bits per heavy atom. The molecule has 0 unspecified atom stereocenters. The molecule has 0 aromatic carbocycles. The molecule has 4 aliphatic rings. The lowest BCUT2D eigenvalue weighted by Gasteiger charge is -2.59. The fourth-order valence-electron chi connectivity index (χ4n) is 7.07. The highest BCUT2D eigenvalue weighted by molar-refractivity contribution is 5.87. The van der Waals surface area contributed by atoms with Gasteiger partial charge in [-0.25, -0.2) is 0 Å². The molecule has 4 rings (SSSR count). The van der Waals surface area contributed by atoms with Gasteiger partial charge in [-0.05, 0) is 74.0 Å². The number of fused-ring (bicyclic) bond motifs is 5. The Labute approximate surface area is 123 Å². The predicted octanol–water partition coefficient (Wildman–Crippen LogP) is 4.99. The number of rotatable bonds is 0. The quantitative estimate of drug-likeness (QED) is 0.608. The number of carbonyl (C=O) groups is 1. The van der Waals surface area contributed by atoms with Crippen molar-refractivity contribution in [3.05, 3.63) is 0 Å². The molecule has 0 aromatic heterocycles. The summed E-state index contributed by atoms with van der Waals surface area (Å²) in [5, 5.41) is 0. The van der Waals surface area contributed by atoms with E-state index in [9.17, 15) is 4.79 Å². The minimum absolute atomic E-state index is 0.0685. The van der Waals surface area contributed by atoms with Crippen LogP contribution in [0.1, 0.15) is 78.1 Å². The van der Waals surface area contributed by atoms with Crippen LogP contribution in [0.15, 0.2) is 0 Å². The topological polar surface area (TPSA) is 17.1 Å². The molecule has 1 nitrogen and oxygen atoms in total. The molecule has 0 bridgehead atoms. The molecule has 4 saturated carbocycles. The van der Waals surface area contributed by atoms with Gasteiger partial charge in [-0.1, -0.05) is 26.7 Å². The average molecular weight is 274 g/mol. The van der Waals surface area contributed by atoms with Crippen LogP contribution in [0.4, 0.5) is 0 Å². The highest BCUT2D eigenvalue weighted by Crippen LogP contribution is 2.65. The molecular weight excluding hydrogens is 244 g/mol. The van der Waals surface area contributed by atoms with Crippen molar-refractivity contribution in [2.75, 3.05) is 0 Å². The molecule has 112 valence electrons. The third-order valence-electron chi connectivity index (χ3n) is 8.29. The highest BCUT2D eigenvalue weighted by atomic mass is 16.1. The third kappa shape index (κ3) is 1.58. The van der Waals surface area contributed by atoms with Crippen molar-refractivity contribution in [1.82, 2.24) is 0 Å². The summed E-state index contributed by atoms with van der Waals surface area (Å²) < 4.78 is 0. The monoisotopic (exact) mass is 274 g/mol. The van der Waals surface area contributed by atoms with Crippen molar-refractivity contribution in [3.8, 4) is 0 Å². The SMILES string of the molecule is C[C@]12CCCC[C@@H]1CC[C@@H]1[C@H]2CC[C@]2(C)C(=O)CC[C@H]12. The summed E-state index contributed by atoms with van der Waals surface area (Å²) in [5.41, 5.74) is 0.688. The standard InChI is InChI=1S/C19H30O/c1-18-11-4-3-5-13(18)6-7-14-15-8-9-17(20)19(15,2)12-10-16(14)18/h13-16H,3-12H2,1-2H3/t13-,14+,15-,16-,18+,19+/m1/s1. The molecule has 0 amide bonds. The zero-order chi connectivity index (χ0) is 14.0. The van der Waals surface area contributed by atoms with Crippen LogP contribution in [-0.2, 0) is 4.79 Å². The Bertz CT molecular complexity index is 427. The van der Waals surface area contributed by atoms with E-state index in [0.29, 0.717) is 11.2 Å². The molecule has 6 atom stereocenters. The van der Waals surface area contributed by atoms with E-state index in [4.69, 9.17) is 0 Å². The lowest BCUT2D eigenvalue weighted by molar-refractivity contribution is -0.138. The molecule has 0 N–H and O–H groups in total. The second-order valence-corrected chi connectivity index (χ2v) is 8.82. The summed E-state index contributed by atoms with van der Waals surface area (Å²) in [6.07, 6.45) is 13.4. The second kappa shape index (κ2) is 4.34. The van der Waals surface area contributed by atoms with Crippen LogP contribution in [0.2, 0.25) is 0 Å². The molecule has 1 heteroatoms. The molecule has 0 aliphatic heterocycles. The maximum absolute atomic E-state index is 12.4. The van der Waals surface area contributed by atoms with Crippen LogP contribution in [-0.4, -0.2) is 5.78 Å². The maximum atomic E-state index is 12.4. The number of ketones is 1. The van der Waals surface area contributed by atoms with Crippen molar-refractivity contribution in [2.45, 2.75) is 78.1 Å². The summed E-state index contributed by atoms with van der Waals surface area (Å²) in [6.45, 7) is 4.92. The van der Waals surface area contributed by atoms with Crippen molar-refractivity contribution >= 4 is 5.78 Å². The van der Waals surface area contributed by atoms with Crippen LogP contribution < -0.4 is 0 Å². The van der Waals surface area contributed by atoms with Gasteiger partial charge in [0, 0.05) is 11.8 Å². The highest BCUT2D eigenvalue weighted by Gasteiger charge is 2.59. The van der Waals surface area contributed by atoms with E-state index in [-0.39, 0.29) is 5.41 Å². The van der Waals surface area contributed by atoms with Gasteiger partial charge in [0.15, 0.2) is 0 Å². The Morgan fingerprint density at radius 1 is 0.900 bits per heavy atom. The van der Waals surface area contributed by atoms with Crippen LogP contribution in [0, 0.1) is 34.5 Å². The summed E-state index contributed by atoms with van der Waals surface area (Å²) in [4.78, 5) is 12.4. The Kier molecular flexibility index (Phi) is 2.89. The zero-order valence-electron chi connectivity index (χ0n) is 13.3. The predicted molar refractivity (Wildman–Crippen MR) is 81.4 cm³/mol. The normalized spacial score (nSPS) is 55.0. The van der Waals surface area contributed by atoms with E-state index >= 15 is 0 Å². The summed E-state index contributed by atoms with van der Waals surface area (Å²) in [7, 11) is 0. The smallest absolute Gasteiger partial charge is 0.139 e. The van der Waals surface area contributed by atoms with E-state index < -0.39 is 0 Å². The molecule has 0 heterocycles. The van der Waals surface area contributed by atoms with Crippen molar-refractivity contribution < 1.29 is 4.79 Å². The van der Waals surface area contributed by atoms with E-state index in [0.717, 1.165) is 30.1 Å². The van der Waals surface area contributed by atoms with Crippen molar-refractivity contribution in [3.63, 3.8) is 0 Å². The van der Waals surface area contributed by atoms with Gasteiger partial charge in [0.2, 0.25) is 0 Å². The van der Waals surface area contributed by atoms with Crippen LogP contribution in [0.25, 0.3) is 0 Å². The third-order valence-corrected chi connectivity index (χ3v) is 8.29. The van der Waals surface area contributed by atoms with E-state index in [1.807, 2.05) is 0 Å². The first kappa shape index (κ1) is 13.3. The lowest BCUT2D eigenvalue weighted by Crippen LogP contribution is -2.52. The number of hydrogen-bond donors (Lipinski definition) is 0. The molecule has 0 spiro atoms. The van der Waals surface area contributed by atoms with Gasteiger partial charge in [-0.3, -0.25) is 4.79 Å². The summed E-state index contributed by atoms with van der Waals surface area (Å²) in [5.74, 6) is 4.13. The minimum Gasteiger partial charge on any atom is -0.299 e. The molecule has 0 radical (unpaired) electrons. The molecule has 4 fully saturated rings. The molecule has 0 saturated heterocycles. The van der Waals surface area contributed by atoms with Crippen molar-refractivity contribution in [2.24, 2.45) is 34.5 Å². The van der Waals surface area contributed by atoms with E-state index in [1.165, 1.54) is 57.8 Å². The number of Topliss-reactive ketones (excluding diaryl/α,β-unsaturated/α-hetero) is 1. The van der Waals surface area contributed by atoms with E-state index in [2.05, 4.69) is 13.8 Å². The van der Waals surface area contributed by atoms with Crippen LogP contribution in [0.5, 0.6) is 0 Å². The first-order chi connectivity index (χ1) is 9.56. The number of hydrogen-bond acceptors (Lipinski definition) is 1. The fourth-order valence-corrected chi connectivity index (χ4v) is 7.07. The first-order valence-corrected chi connectivity index (χ1v) is 9.09. The Hall–Kier alpha value is -0.330. The largest absolute Gasteiger partial charge is 0.299 e. The molecule has 0 aromatic rings. The van der Waals surface area contributed by atoms with Gasteiger partial charge in [-0.15, -0.1) is 0 Å². The lowest BCUT2D eigenvalue weighted by atomic mass is 9.45. The average Bonchev–Trinajstić information content (AvgIpc) is 2.74. The first-order valence-electron chi connectivity index (χ1n) is 9.09. The van der Waals surface area contributed by atoms with Gasteiger partial charge in [0.1, 0.15) is 5.78 Å². The van der Waals surface area contributed by atoms with Crippen LogP contribution >= 0.6 is 0 Å². The Morgan fingerprint density at radius 3 is 2.60 bits per heavy atom. The van der Waals surface area contributed by atoms with E-state index in [1.54, 1.807) is 0 Å². The van der Waals surface area contributed by atoms with Gasteiger partial charge < -0.3 is 0 Å². The van der Waals surface area contributed by atoms with Gasteiger partial charge in [-0.2, -0.15) is 0 Å². The summed E-state index contributed by atoms with van der Waals surface area (Å²) >= 11 is 0.